The zero-order chi connectivity index (χ0) is 35.3. The molecule has 4 aromatic carbocycles. The number of rotatable bonds is 8. The van der Waals surface area contributed by atoms with E-state index in [0.29, 0.717) is 5.92 Å². The number of nitrogens with zero attached hydrogens (tertiary/aromatic N) is 4. The quantitative estimate of drug-likeness (QED) is 0.163. The minimum Gasteiger partial charge on any atom is -0.457 e. The molecule has 7 rings (SSSR count). The van der Waals surface area contributed by atoms with E-state index in [1.807, 2.05) is 6.20 Å². The summed E-state index contributed by atoms with van der Waals surface area (Å²) < 4.78 is 11.1. The lowest BCUT2D eigenvalue weighted by molar-refractivity contribution is 0.481. The van der Waals surface area contributed by atoms with E-state index in [0.717, 1.165) is 58.3 Å². The fourth-order valence-electron chi connectivity index (χ4n) is 7.34. The molecule has 0 aliphatic rings. The van der Waals surface area contributed by atoms with Crippen LogP contribution in [0.3, 0.4) is 0 Å². The highest BCUT2D eigenvalue weighted by atomic mass is 16.5. The monoisotopic (exact) mass is 660 g/mol. The van der Waals surface area contributed by atoms with Crippen molar-refractivity contribution in [1.82, 2.24) is 19.3 Å². The second-order valence-corrected chi connectivity index (χ2v) is 14.8. The number of ether oxygens (including phenoxy) is 1. The lowest BCUT2D eigenvalue weighted by Gasteiger charge is -2.20. The number of hydrogen-bond acceptors (Lipinski definition) is 3. The van der Waals surface area contributed by atoms with Gasteiger partial charge in [0.25, 0.3) is 0 Å². The van der Waals surface area contributed by atoms with Crippen molar-refractivity contribution in [3.8, 4) is 34.1 Å². The first-order chi connectivity index (χ1) is 24.0. The molecule has 0 N–H and O–H groups in total. The molecule has 0 unspecified atom stereocenters. The molecule has 0 saturated carbocycles. The van der Waals surface area contributed by atoms with Crippen molar-refractivity contribution in [1.29, 1.82) is 0 Å². The predicted octanol–water partition coefficient (Wildman–Crippen LogP) is 12.0. The molecule has 5 heteroatoms. The molecule has 0 amide bonds. The van der Waals surface area contributed by atoms with E-state index in [4.69, 9.17) is 14.8 Å². The van der Waals surface area contributed by atoms with Gasteiger partial charge in [-0.25, -0.2) is 9.67 Å². The van der Waals surface area contributed by atoms with Crippen LogP contribution in [0.4, 0.5) is 0 Å². The van der Waals surface area contributed by atoms with Crippen LogP contribution in [0.1, 0.15) is 88.0 Å². The topological polar surface area (TPSA) is 44.9 Å². The maximum atomic E-state index is 6.76. The third-order valence-corrected chi connectivity index (χ3v) is 10.1. The Balaban J connectivity index is 1.34. The van der Waals surface area contributed by atoms with Gasteiger partial charge in [0.2, 0.25) is 0 Å². The van der Waals surface area contributed by atoms with Crippen LogP contribution < -0.4 is 4.74 Å². The van der Waals surface area contributed by atoms with Gasteiger partial charge in [-0.3, -0.25) is 4.57 Å². The van der Waals surface area contributed by atoms with E-state index in [1.165, 1.54) is 44.2 Å². The molecule has 254 valence electrons. The third kappa shape index (κ3) is 5.89. The van der Waals surface area contributed by atoms with Gasteiger partial charge in [-0.05, 0) is 108 Å². The largest absolute Gasteiger partial charge is 0.457 e. The van der Waals surface area contributed by atoms with Gasteiger partial charge in [-0.2, -0.15) is 5.10 Å². The van der Waals surface area contributed by atoms with Crippen molar-refractivity contribution >= 4 is 21.8 Å². The summed E-state index contributed by atoms with van der Waals surface area (Å²) in [4.78, 5) is 4.86. The van der Waals surface area contributed by atoms with E-state index in [1.54, 1.807) is 0 Å². The van der Waals surface area contributed by atoms with Crippen molar-refractivity contribution in [2.45, 2.75) is 86.5 Å². The smallest absolute Gasteiger partial charge is 0.137 e. The van der Waals surface area contributed by atoms with E-state index in [2.05, 4.69) is 163 Å². The first-order valence-electron chi connectivity index (χ1n) is 18.0. The van der Waals surface area contributed by atoms with Gasteiger partial charge < -0.3 is 4.74 Å². The Morgan fingerprint density at radius 2 is 1.44 bits per heavy atom. The highest BCUT2D eigenvalue weighted by Crippen LogP contribution is 2.38. The molecule has 0 aliphatic carbocycles. The van der Waals surface area contributed by atoms with Crippen LogP contribution in [0.15, 0.2) is 97.2 Å². The molecule has 0 bridgehead atoms. The maximum Gasteiger partial charge on any atom is 0.137 e. The number of aryl methyl sites for hydroxylation is 3. The molecule has 0 aliphatic heterocycles. The molecule has 3 heterocycles. The van der Waals surface area contributed by atoms with Gasteiger partial charge in [0.1, 0.15) is 17.3 Å². The van der Waals surface area contributed by atoms with Gasteiger partial charge in [-0.15, -0.1) is 0 Å². The minimum atomic E-state index is 0.00771. The lowest BCUT2D eigenvalue weighted by Crippen LogP contribution is -2.12. The Morgan fingerprint density at radius 3 is 2.14 bits per heavy atom. The van der Waals surface area contributed by atoms with Crippen molar-refractivity contribution < 1.29 is 4.74 Å². The van der Waals surface area contributed by atoms with Crippen LogP contribution in [0.25, 0.3) is 44.4 Å². The molecule has 50 heavy (non-hydrogen) atoms. The van der Waals surface area contributed by atoms with Crippen LogP contribution in [-0.4, -0.2) is 19.3 Å². The van der Waals surface area contributed by atoms with Crippen LogP contribution >= 0.6 is 0 Å². The minimum absolute atomic E-state index is 0.00771. The highest BCUT2D eigenvalue weighted by Gasteiger charge is 2.21. The summed E-state index contributed by atoms with van der Waals surface area (Å²) in [5, 5.41) is 7.50. The summed E-state index contributed by atoms with van der Waals surface area (Å²) in [5.41, 5.74) is 13.1. The average molecular weight is 661 g/mol. The van der Waals surface area contributed by atoms with Crippen molar-refractivity contribution in [3.63, 3.8) is 0 Å². The van der Waals surface area contributed by atoms with Crippen molar-refractivity contribution in [3.05, 3.63) is 131 Å². The molecule has 5 nitrogen and oxygen atoms in total. The van der Waals surface area contributed by atoms with Crippen LogP contribution in [0, 0.1) is 13.8 Å². The molecule has 0 saturated heterocycles. The standard InChI is InChI=1S/C45H48N4O/c1-10-31-15-14-16-32(11-2)44(31)43-29(5)47-49(30(43)6)35-23-33(28(3)4)24-37(26-35)50-36-19-20-39-38-17-12-13-18-40(38)48(41(39)27-36)42-25-34(21-22-46-42)45(7,8)9/h12-28H,10-11H2,1-9H3. The Kier molecular flexibility index (Phi) is 8.63. The summed E-state index contributed by atoms with van der Waals surface area (Å²) in [5.74, 6) is 2.78. The van der Waals surface area contributed by atoms with E-state index in [-0.39, 0.29) is 5.41 Å². The van der Waals surface area contributed by atoms with Gasteiger partial charge in [0.15, 0.2) is 0 Å². The number of para-hydroxylation sites is 1. The van der Waals surface area contributed by atoms with Gasteiger partial charge in [0.05, 0.1) is 22.4 Å². The maximum absolute atomic E-state index is 6.76. The van der Waals surface area contributed by atoms with E-state index >= 15 is 0 Å². The first-order valence-corrected chi connectivity index (χ1v) is 18.0. The predicted molar refractivity (Wildman–Crippen MR) is 209 cm³/mol. The molecule has 0 atom stereocenters. The fourth-order valence-corrected chi connectivity index (χ4v) is 7.34. The third-order valence-electron chi connectivity index (χ3n) is 10.1. The lowest BCUT2D eigenvalue weighted by atomic mass is 9.88. The second-order valence-electron chi connectivity index (χ2n) is 14.8. The van der Waals surface area contributed by atoms with Crippen LogP contribution in [0.2, 0.25) is 0 Å². The zero-order valence-corrected chi connectivity index (χ0v) is 30.9. The second kappa shape index (κ2) is 12.9. The first kappa shape index (κ1) is 33.3. The molecular weight excluding hydrogens is 613 g/mol. The van der Waals surface area contributed by atoms with Crippen molar-refractivity contribution in [2.75, 3.05) is 0 Å². The molecule has 0 spiro atoms. The summed E-state index contributed by atoms with van der Waals surface area (Å²) in [6.45, 7) is 20.0. The van der Waals surface area contributed by atoms with E-state index < -0.39 is 0 Å². The molecule has 3 aromatic heterocycles. The number of pyridine rings is 1. The summed E-state index contributed by atoms with van der Waals surface area (Å²) in [7, 11) is 0. The summed E-state index contributed by atoms with van der Waals surface area (Å²) in [6, 6.07) is 32.5. The molecule has 0 fully saturated rings. The van der Waals surface area contributed by atoms with Gasteiger partial charge in [-0.1, -0.05) is 84.9 Å². The zero-order valence-electron chi connectivity index (χ0n) is 30.9. The molecule has 0 radical (unpaired) electrons. The SMILES string of the molecule is CCc1cccc(CC)c1-c1c(C)nn(-c2cc(Oc3ccc4c5ccccc5n(-c5cc(C(C)(C)C)ccn5)c4c3)cc(C(C)C)c2)c1C. The Bertz CT molecular complexity index is 2340. The van der Waals surface area contributed by atoms with E-state index in [9.17, 15) is 0 Å². The summed E-state index contributed by atoms with van der Waals surface area (Å²) >= 11 is 0. The number of benzene rings is 4. The summed E-state index contributed by atoms with van der Waals surface area (Å²) in [6.07, 6.45) is 3.88. The highest BCUT2D eigenvalue weighted by molar-refractivity contribution is 6.09. The Hall–Kier alpha value is -5.16. The Labute approximate surface area is 296 Å². The van der Waals surface area contributed by atoms with Gasteiger partial charge in [0, 0.05) is 40.4 Å². The number of hydrogen-bond donors (Lipinski definition) is 0. The van der Waals surface area contributed by atoms with Crippen molar-refractivity contribution in [2.24, 2.45) is 0 Å². The van der Waals surface area contributed by atoms with Crippen LogP contribution in [0.5, 0.6) is 11.5 Å². The van der Waals surface area contributed by atoms with Gasteiger partial charge >= 0.3 is 0 Å². The molecule has 7 aromatic rings. The number of aromatic nitrogens is 4. The molecular formula is C45H48N4O. The normalized spacial score (nSPS) is 12.0. The van der Waals surface area contributed by atoms with Crippen LogP contribution in [-0.2, 0) is 18.3 Å². The number of fused-ring (bicyclic) bond motifs is 3. The fraction of sp³-hybridized carbons (Fsp3) is 0.289. The Morgan fingerprint density at radius 1 is 0.720 bits per heavy atom. The average Bonchev–Trinajstić information content (AvgIpc) is 3.59.